The van der Waals surface area contributed by atoms with Crippen molar-refractivity contribution in [2.24, 2.45) is 5.73 Å². The number of halogens is 4. The van der Waals surface area contributed by atoms with Crippen LogP contribution < -0.4 is 11.1 Å². The number of rotatable bonds is 7. The zero-order valence-electron chi connectivity index (χ0n) is 13.6. The first-order chi connectivity index (χ1) is 12.1. The average Bonchev–Trinajstić information content (AvgIpc) is 2.92. The molecule has 2 rings (SSSR count). The normalized spacial score (nSPS) is 13.0. The summed E-state index contributed by atoms with van der Waals surface area (Å²) in [4.78, 5) is 22.0. The van der Waals surface area contributed by atoms with Gasteiger partial charge in [0.15, 0.2) is 0 Å². The van der Waals surface area contributed by atoms with Gasteiger partial charge in [0.05, 0.1) is 12.1 Å². The van der Waals surface area contributed by atoms with E-state index in [4.69, 9.17) is 5.73 Å². The standard InChI is InChI=1S/C15H16F4N4O3/c1-8(7-26-14(25)15(17,18)19)21-2-3-23-6-9-4-10(16)5-11(13(20)24)12(9)22-23/h4-6,8,21H,2-3,7H2,1H3,(H2,20,24). The molecule has 1 unspecified atom stereocenters. The van der Waals surface area contributed by atoms with Crippen LogP contribution in [0, 0.1) is 5.82 Å². The molecule has 142 valence electrons. The fourth-order valence-corrected chi connectivity index (χ4v) is 2.22. The van der Waals surface area contributed by atoms with Crippen molar-refractivity contribution in [1.82, 2.24) is 15.1 Å². The van der Waals surface area contributed by atoms with Gasteiger partial charge in [-0.1, -0.05) is 0 Å². The van der Waals surface area contributed by atoms with Crippen molar-refractivity contribution >= 4 is 22.8 Å². The van der Waals surface area contributed by atoms with Gasteiger partial charge >= 0.3 is 12.1 Å². The van der Waals surface area contributed by atoms with Crippen molar-refractivity contribution in [3.05, 3.63) is 29.7 Å². The summed E-state index contributed by atoms with van der Waals surface area (Å²) >= 11 is 0. The van der Waals surface area contributed by atoms with Gasteiger partial charge in [0.25, 0.3) is 5.91 Å². The maximum Gasteiger partial charge on any atom is 0.490 e. The summed E-state index contributed by atoms with van der Waals surface area (Å²) in [5, 5.41) is 7.41. The van der Waals surface area contributed by atoms with Crippen molar-refractivity contribution in [3.63, 3.8) is 0 Å². The smallest absolute Gasteiger partial charge is 0.457 e. The number of alkyl halides is 3. The Hall–Kier alpha value is -2.69. The zero-order valence-corrected chi connectivity index (χ0v) is 13.6. The molecule has 1 amide bonds. The van der Waals surface area contributed by atoms with Gasteiger partial charge in [0.2, 0.25) is 0 Å². The highest BCUT2D eigenvalue weighted by atomic mass is 19.4. The Balaban J connectivity index is 1.91. The van der Waals surface area contributed by atoms with Gasteiger partial charge in [0.1, 0.15) is 17.9 Å². The number of fused-ring (bicyclic) bond motifs is 1. The largest absolute Gasteiger partial charge is 0.490 e. The van der Waals surface area contributed by atoms with Crippen molar-refractivity contribution in [2.75, 3.05) is 13.2 Å². The lowest BCUT2D eigenvalue weighted by Crippen LogP contribution is -2.36. The number of carbonyl (C=O) groups is 2. The number of nitrogens with two attached hydrogens (primary N) is 1. The van der Waals surface area contributed by atoms with E-state index in [0.29, 0.717) is 5.39 Å². The first kappa shape index (κ1) is 19.6. The first-order valence-electron chi connectivity index (χ1n) is 7.51. The van der Waals surface area contributed by atoms with E-state index < -0.39 is 36.5 Å². The number of nitrogens with one attached hydrogen (secondary N) is 1. The summed E-state index contributed by atoms with van der Waals surface area (Å²) in [6, 6.07) is 1.68. The van der Waals surface area contributed by atoms with E-state index in [0.717, 1.165) is 6.07 Å². The van der Waals surface area contributed by atoms with Crippen LogP contribution in [0.2, 0.25) is 0 Å². The third-order valence-corrected chi connectivity index (χ3v) is 3.42. The predicted molar refractivity (Wildman–Crippen MR) is 82.7 cm³/mol. The minimum absolute atomic E-state index is 0.0425. The highest BCUT2D eigenvalue weighted by molar-refractivity contribution is 6.04. The first-order valence-corrected chi connectivity index (χ1v) is 7.51. The van der Waals surface area contributed by atoms with E-state index in [9.17, 15) is 27.2 Å². The highest BCUT2D eigenvalue weighted by Crippen LogP contribution is 2.19. The van der Waals surface area contributed by atoms with Crippen LogP contribution in [0.5, 0.6) is 0 Å². The summed E-state index contributed by atoms with van der Waals surface area (Å²) in [6.45, 7) is 1.67. The van der Waals surface area contributed by atoms with E-state index in [1.54, 1.807) is 6.92 Å². The summed E-state index contributed by atoms with van der Waals surface area (Å²) in [5.41, 5.74) is 5.41. The molecule has 11 heteroatoms. The number of esters is 1. The van der Waals surface area contributed by atoms with Gasteiger partial charge < -0.3 is 15.8 Å². The van der Waals surface area contributed by atoms with Gasteiger partial charge in [-0.15, -0.1) is 0 Å². The maximum atomic E-state index is 13.5. The van der Waals surface area contributed by atoms with Gasteiger partial charge in [-0.05, 0) is 19.1 Å². The maximum absolute atomic E-state index is 13.5. The minimum Gasteiger partial charge on any atom is -0.457 e. The third kappa shape index (κ3) is 4.91. The van der Waals surface area contributed by atoms with E-state index in [1.807, 2.05) is 0 Å². The van der Waals surface area contributed by atoms with E-state index >= 15 is 0 Å². The molecule has 7 nitrogen and oxygen atoms in total. The Labute approximate surface area is 145 Å². The molecule has 2 aromatic rings. The number of hydrogen-bond acceptors (Lipinski definition) is 5. The molecule has 0 bridgehead atoms. The van der Waals surface area contributed by atoms with Crippen molar-refractivity contribution in [2.45, 2.75) is 25.7 Å². The van der Waals surface area contributed by atoms with Crippen LogP contribution in [0.15, 0.2) is 18.3 Å². The van der Waals surface area contributed by atoms with E-state index in [2.05, 4.69) is 15.2 Å². The van der Waals surface area contributed by atoms with Gasteiger partial charge in [-0.3, -0.25) is 9.48 Å². The summed E-state index contributed by atoms with van der Waals surface area (Å²) in [5.74, 6) is -3.67. The van der Waals surface area contributed by atoms with Gasteiger partial charge in [-0.25, -0.2) is 9.18 Å². The lowest BCUT2D eigenvalue weighted by atomic mass is 10.1. The van der Waals surface area contributed by atoms with Crippen LogP contribution in [-0.4, -0.2) is 47.0 Å². The van der Waals surface area contributed by atoms with E-state index in [-0.39, 0.29) is 24.2 Å². The second kappa shape index (κ2) is 7.68. The van der Waals surface area contributed by atoms with Crippen LogP contribution >= 0.6 is 0 Å². The molecule has 0 aliphatic rings. The Morgan fingerprint density at radius 2 is 2.08 bits per heavy atom. The number of primary amides is 1. The Kier molecular flexibility index (Phi) is 5.80. The number of amides is 1. The molecule has 0 aliphatic heterocycles. The fraction of sp³-hybridized carbons (Fsp3) is 0.400. The van der Waals surface area contributed by atoms with Crippen LogP contribution in [0.3, 0.4) is 0 Å². The number of benzene rings is 1. The molecule has 26 heavy (non-hydrogen) atoms. The molecular formula is C15H16F4N4O3. The zero-order chi connectivity index (χ0) is 19.5. The summed E-state index contributed by atoms with van der Waals surface area (Å²) in [7, 11) is 0. The van der Waals surface area contributed by atoms with Crippen molar-refractivity contribution in [3.8, 4) is 0 Å². The molecule has 1 heterocycles. The minimum atomic E-state index is -5.03. The molecule has 0 saturated heterocycles. The fourth-order valence-electron chi connectivity index (χ4n) is 2.22. The second-order valence-electron chi connectivity index (χ2n) is 5.60. The van der Waals surface area contributed by atoms with Crippen molar-refractivity contribution < 1.29 is 31.9 Å². The Bertz CT molecular complexity index is 819. The lowest BCUT2D eigenvalue weighted by Gasteiger charge is -2.14. The van der Waals surface area contributed by atoms with Crippen LogP contribution in [0.25, 0.3) is 10.9 Å². The lowest BCUT2D eigenvalue weighted by molar-refractivity contribution is -0.200. The molecule has 1 aromatic carbocycles. The predicted octanol–water partition coefficient (Wildman–Crippen LogP) is 1.36. The topological polar surface area (TPSA) is 99.2 Å². The molecule has 0 radical (unpaired) electrons. The van der Waals surface area contributed by atoms with Crippen LogP contribution in [0.4, 0.5) is 17.6 Å². The summed E-state index contributed by atoms with van der Waals surface area (Å²) in [6.07, 6.45) is -3.51. The molecular weight excluding hydrogens is 360 g/mol. The van der Waals surface area contributed by atoms with Gasteiger partial charge in [-0.2, -0.15) is 18.3 Å². The number of ether oxygens (including phenoxy) is 1. The highest BCUT2D eigenvalue weighted by Gasteiger charge is 2.41. The van der Waals surface area contributed by atoms with Crippen LogP contribution in [-0.2, 0) is 16.1 Å². The molecule has 1 atom stereocenters. The van der Waals surface area contributed by atoms with Crippen LogP contribution in [0.1, 0.15) is 17.3 Å². The Morgan fingerprint density at radius 3 is 2.69 bits per heavy atom. The molecule has 0 saturated carbocycles. The summed E-state index contributed by atoms with van der Waals surface area (Å²) < 4.78 is 55.1. The molecule has 0 spiro atoms. The van der Waals surface area contributed by atoms with Crippen molar-refractivity contribution in [1.29, 1.82) is 0 Å². The number of carbonyl (C=O) groups excluding carboxylic acids is 2. The monoisotopic (exact) mass is 376 g/mol. The number of hydrogen-bond donors (Lipinski definition) is 2. The van der Waals surface area contributed by atoms with E-state index in [1.165, 1.54) is 16.9 Å². The number of aromatic nitrogens is 2. The molecule has 3 N–H and O–H groups in total. The second-order valence-corrected chi connectivity index (χ2v) is 5.60. The molecule has 0 fully saturated rings. The molecule has 0 aliphatic carbocycles. The quantitative estimate of drug-likeness (QED) is 0.562. The molecule has 1 aromatic heterocycles. The SMILES string of the molecule is CC(COC(=O)C(F)(F)F)NCCn1cc2cc(F)cc(C(N)=O)c2n1. The Morgan fingerprint density at radius 1 is 1.38 bits per heavy atom. The third-order valence-electron chi connectivity index (χ3n) is 3.42. The number of nitrogens with zero attached hydrogens (tertiary/aromatic N) is 2. The average molecular weight is 376 g/mol. The van der Waals surface area contributed by atoms with Gasteiger partial charge in [0, 0.05) is 24.2 Å².